The molecule has 1 rings (SSSR count). The van der Waals surface area contributed by atoms with Crippen molar-refractivity contribution in [3.05, 3.63) is 0 Å². The first-order valence-corrected chi connectivity index (χ1v) is 6.30. The van der Waals surface area contributed by atoms with Gasteiger partial charge in [0.1, 0.15) is 0 Å². The topological polar surface area (TPSA) is 21.3 Å². The third-order valence-electron chi connectivity index (χ3n) is 2.50. The number of hydrogen-bond acceptors (Lipinski definition) is 3. The molecule has 2 nitrogen and oxygen atoms in total. The molecule has 2 atom stereocenters. The van der Waals surface area contributed by atoms with Crippen LogP contribution in [0.2, 0.25) is 0 Å². The highest BCUT2D eigenvalue weighted by molar-refractivity contribution is 8.00. The third-order valence-corrected chi connectivity index (χ3v) is 3.92. The molecule has 0 aromatic heterocycles. The Kier molecular flexibility index (Phi) is 5.83. The van der Waals surface area contributed by atoms with E-state index in [1.54, 1.807) is 0 Å². The van der Waals surface area contributed by atoms with Gasteiger partial charge in [0.25, 0.3) is 0 Å². The number of nitrogens with one attached hydrogen (secondary N) is 1. The van der Waals surface area contributed by atoms with E-state index < -0.39 is 0 Å². The Hall–Kier alpha value is 0.270. The molecule has 1 heterocycles. The molecule has 13 heavy (non-hydrogen) atoms. The van der Waals surface area contributed by atoms with E-state index in [0.717, 1.165) is 13.2 Å². The second-order valence-electron chi connectivity index (χ2n) is 3.52. The summed E-state index contributed by atoms with van der Waals surface area (Å²) in [5, 5.41) is 4.05. The van der Waals surface area contributed by atoms with Crippen molar-refractivity contribution in [1.82, 2.24) is 5.32 Å². The van der Waals surface area contributed by atoms with E-state index >= 15 is 0 Å². The molecule has 1 N–H and O–H groups in total. The molecule has 0 aliphatic carbocycles. The summed E-state index contributed by atoms with van der Waals surface area (Å²) >= 11 is 2.07. The molecule has 1 saturated heterocycles. The maximum absolute atomic E-state index is 5.48. The molecular weight excluding hydrogens is 182 g/mol. The van der Waals surface area contributed by atoms with Crippen LogP contribution in [0.4, 0.5) is 0 Å². The van der Waals surface area contributed by atoms with Gasteiger partial charge in [-0.3, -0.25) is 0 Å². The monoisotopic (exact) mass is 203 g/mol. The molecule has 78 valence electrons. The van der Waals surface area contributed by atoms with Crippen LogP contribution in [0.25, 0.3) is 0 Å². The summed E-state index contributed by atoms with van der Waals surface area (Å²) in [6.45, 7) is 4.10. The number of ether oxygens (including phenoxy) is 1. The predicted molar refractivity (Wildman–Crippen MR) is 59.4 cm³/mol. The van der Waals surface area contributed by atoms with Gasteiger partial charge >= 0.3 is 0 Å². The lowest BCUT2D eigenvalue weighted by Crippen LogP contribution is -2.43. The van der Waals surface area contributed by atoms with Crippen molar-refractivity contribution in [3.63, 3.8) is 0 Å². The zero-order chi connectivity index (χ0) is 9.52. The first kappa shape index (κ1) is 11.3. The van der Waals surface area contributed by atoms with Gasteiger partial charge in [-0.05, 0) is 25.6 Å². The summed E-state index contributed by atoms with van der Waals surface area (Å²) in [6, 6.07) is 0.663. The summed E-state index contributed by atoms with van der Waals surface area (Å²) < 4.78 is 5.48. The molecular formula is C10H21NOS. The van der Waals surface area contributed by atoms with Crippen LogP contribution in [0.15, 0.2) is 0 Å². The van der Waals surface area contributed by atoms with Crippen molar-refractivity contribution >= 4 is 11.8 Å². The normalized spacial score (nSPS) is 29.1. The van der Waals surface area contributed by atoms with Crippen molar-refractivity contribution in [2.24, 2.45) is 0 Å². The zero-order valence-electron chi connectivity index (χ0n) is 8.71. The van der Waals surface area contributed by atoms with E-state index in [-0.39, 0.29) is 0 Å². The molecule has 0 aromatic rings. The van der Waals surface area contributed by atoms with Gasteiger partial charge in [0.05, 0.1) is 6.61 Å². The summed E-state index contributed by atoms with van der Waals surface area (Å²) in [5.74, 6) is 1.28. The highest BCUT2D eigenvalue weighted by Crippen LogP contribution is 2.22. The lowest BCUT2D eigenvalue weighted by molar-refractivity contribution is 0.0851. The molecule has 0 radical (unpaired) electrons. The highest BCUT2D eigenvalue weighted by atomic mass is 32.2. The van der Waals surface area contributed by atoms with Crippen molar-refractivity contribution in [1.29, 1.82) is 0 Å². The van der Waals surface area contributed by atoms with Crippen LogP contribution in [-0.4, -0.2) is 37.3 Å². The molecule has 0 spiro atoms. The molecule has 3 heteroatoms. The van der Waals surface area contributed by atoms with Gasteiger partial charge in [-0.25, -0.2) is 0 Å². The standard InChI is InChI=1S/C10H21NOS/c1-3-4-7-13-10-8-12-6-5-9(10)11-2/h9-11H,3-8H2,1-2H3. The fourth-order valence-electron chi connectivity index (χ4n) is 1.59. The van der Waals surface area contributed by atoms with Crippen molar-refractivity contribution < 1.29 is 4.74 Å². The second kappa shape index (κ2) is 6.68. The molecule has 0 saturated carbocycles. The number of rotatable bonds is 5. The molecule has 0 bridgehead atoms. The van der Waals surface area contributed by atoms with Crippen LogP contribution in [0.3, 0.4) is 0 Å². The van der Waals surface area contributed by atoms with Crippen LogP contribution in [-0.2, 0) is 4.74 Å². The fourth-order valence-corrected chi connectivity index (χ4v) is 3.04. The Morgan fingerprint density at radius 1 is 1.54 bits per heavy atom. The van der Waals surface area contributed by atoms with Gasteiger partial charge in [-0.1, -0.05) is 13.3 Å². The van der Waals surface area contributed by atoms with Crippen LogP contribution >= 0.6 is 11.8 Å². The average molecular weight is 203 g/mol. The van der Waals surface area contributed by atoms with Crippen molar-refractivity contribution in [3.8, 4) is 0 Å². The Balaban J connectivity index is 2.19. The number of unbranched alkanes of at least 4 members (excludes halogenated alkanes) is 1. The highest BCUT2D eigenvalue weighted by Gasteiger charge is 2.23. The van der Waals surface area contributed by atoms with E-state index in [4.69, 9.17) is 4.74 Å². The smallest absolute Gasteiger partial charge is 0.0600 e. The van der Waals surface area contributed by atoms with Crippen molar-refractivity contribution in [2.45, 2.75) is 37.5 Å². The lowest BCUT2D eigenvalue weighted by Gasteiger charge is -2.30. The average Bonchev–Trinajstić information content (AvgIpc) is 2.19. The third kappa shape index (κ3) is 3.88. The summed E-state index contributed by atoms with van der Waals surface area (Å²) in [6.07, 6.45) is 3.79. The van der Waals surface area contributed by atoms with Crippen LogP contribution < -0.4 is 5.32 Å². The Bertz CT molecular complexity index is 132. The van der Waals surface area contributed by atoms with Gasteiger partial charge < -0.3 is 10.1 Å². The minimum atomic E-state index is 0.663. The van der Waals surface area contributed by atoms with Crippen LogP contribution in [0.5, 0.6) is 0 Å². The Morgan fingerprint density at radius 3 is 3.08 bits per heavy atom. The van der Waals surface area contributed by atoms with E-state index in [1.165, 1.54) is 25.0 Å². The minimum Gasteiger partial charge on any atom is -0.380 e. The SMILES string of the molecule is CCCCSC1COCCC1NC. The van der Waals surface area contributed by atoms with Gasteiger partial charge in [0.15, 0.2) is 0 Å². The number of thioether (sulfide) groups is 1. The molecule has 0 aromatic carbocycles. The van der Waals surface area contributed by atoms with Crippen molar-refractivity contribution in [2.75, 3.05) is 26.0 Å². The summed E-state index contributed by atoms with van der Waals surface area (Å²) in [7, 11) is 2.06. The molecule has 2 unspecified atom stereocenters. The quantitative estimate of drug-likeness (QED) is 0.690. The predicted octanol–water partition coefficient (Wildman–Crippen LogP) is 1.90. The largest absolute Gasteiger partial charge is 0.380 e. The first-order valence-electron chi connectivity index (χ1n) is 5.25. The maximum Gasteiger partial charge on any atom is 0.0600 e. The number of hydrogen-bond donors (Lipinski definition) is 1. The van der Waals surface area contributed by atoms with Gasteiger partial charge in [-0.15, -0.1) is 0 Å². The van der Waals surface area contributed by atoms with Crippen LogP contribution in [0, 0.1) is 0 Å². The Morgan fingerprint density at radius 2 is 2.38 bits per heavy atom. The van der Waals surface area contributed by atoms with E-state index in [1.807, 2.05) is 0 Å². The van der Waals surface area contributed by atoms with Gasteiger partial charge in [0.2, 0.25) is 0 Å². The summed E-state index contributed by atoms with van der Waals surface area (Å²) in [4.78, 5) is 0. The molecule has 1 aliphatic rings. The molecule has 1 fully saturated rings. The molecule has 0 amide bonds. The van der Waals surface area contributed by atoms with Gasteiger partial charge in [-0.2, -0.15) is 11.8 Å². The van der Waals surface area contributed by atoms with E-state index in [0.29, 0.717) is 11.3 Å². The van der Waals surface area contributed by atoms with Gasteiger partial charge in [0, 0.05) is 17.9 Å². The lowest BCUT2D eigenvalue weighted by atomic mass is 10.1. The van der Waals surface area contributed by atoms with E-state index in [9.17, 15) is 0 Å². The zero-order valence-corrected chi connectivity index (χ0v) is 9.53. The Labute approximate surface area is 85.8 Å². The summed E-state index contributed by atoms with van der Waals surface area (Å²) in [5.41, 5.74) is 0. The molecule has 1 aliphatic heterocycles. The fraction of sp³-hybridized carbons (Fsp3) is 1.00. The van der Waals surface area contributed by atoms with Crippen LogP contribution in [0.1, 0.15) is 26.2 Å². The minimum absolute atomic E-state index is 0.663. The first-order chi connectivity index (χ1) is 6.38. The van der Waals surface area contributed by atoms with E-state index in [2.05, 4.69) is 31.1 Å². The second-order valence-corrected chi connectivity index (χ2v) is 4.87. The maximum atomic E-state index is 5.48.